The van der Waals surface area contributed by atoms with Gasteiger partial charge in [-0.3, -0.25) is 9.19 Å². The number of fused-ring (bicyclic) bond motifs is 1. The predicted octanol–water partition coefficient (Wildman–Crippen LogP) is 4.01. The van der Waals surface area contributed by atoms with E-state index >= 15 is 0 Å². The predicted molar refractivity (Wildman–Crippen MR) is 122 cm³/mol. The molecule has 1 fully saturated rings. The lowest BCUT2D eigenvalue weighted by Crippen LogP contribution is -2.38. The minimum Gasteiger partial charge on any atom is -0.497 e. The number of hydrogen-bond donors (Lipinski definition) is 1. The minimum absolute atomic E-state index is 0. The number of anilines is 1. The van der Waals surface area contributed by atoms with Gasteiger partial charge in [-0.05, 0) is 44.0 Å². The summed E-state index contributed by atoms with van der Waals surface area (Å²) in [5.41, 5.74) is 3.27. The number of hydrogen-bond acceptors (Lipinski definition) is 5. The van der Waals surface area contributed by atoms with Crippen LogP contribution in [0.15, 0.2) is 24.4 Å². The van der Waals surface area contributed by atoms with E-state index in [0.29, 0.717) is 0 Å². The number of nitrogens with zero attached hydrogens (tertiary/aromatic N) is 2. The van der Waals surface area contributed by atoms with Crippen LogP contribution in [0.4, 0.5) is 5.69 Å². The van der Waals surface area contributed by atoms with Crippen molar-refractivity contribution in [2.75, 3.05) is 50.1 Å². The fraction of sp³-hybridized carbons (Fsp3) is 0.571. The highest BCUT2D eigenvalue weighted by Gasteiger charge is 2.14. The molecule has 2 aromatic rings. The Morgan fingerprint density at radius 2 is 1.93 bits per heavy atom. The van der Waals surface area contributed by atoms with Crippen molar-refractivity contribution >= 4 is 39.8 Å². The van der Waals surface area contributed by atoms with Gasteiger partial charge in [0.15, 0.2) is 0 Å². The number of aryl methyl sites for hydroxylation is 1. The molecule has 2 heterocycles. The van der Waals surface area contributed by atoms with E-state index in [4.69, 9.17) is 4.74 Å². The Hall–Kier alpha value is -1.37. The van der Waals surface area contributed by atoms with Crippen LogP contribution in [-0.2, 0) is 10.8 Å². The second-order valence-electron chi connectivity index (χ2n) is 7.23. The third-order valence-corrected chi connectivity index (χ3v) is 6.53. The minimum atomic E-state index is -0.569. The van der Waals surface area contributed by atoms with E-state index in [1.165, 1.54) is 24.8 Å². The zero-order chi connectivity index (χ0) is 19.1. The molecule has 5 nitrogen and oxygen atoms in total. The Labute approximate surface area is 177 Å². The van der Waals surface area contributed by atoms with Crippen LogP contribution >= 0.6 is 12.4 Å². The Morgan fingerprint density at radius 1 is 1.18 bits per heavy atom. The van der Waals surface area contributed by atoms with Crippen molar-refractivity contribution in [2.45, 2.75) is 32.6 Å². The first-order valence-corrected chi connectivity index (χ1v) is 11.4. The molecule has 0 spiro atoms. The SMILES string of the molecule is COc1cc(NCCCCCCN2CCS(=O)CC2)c2nccc(C)c2c1.Cl. The zero-order valence-electron chi connectivity index (χ0n) is 16.9. The van der Waals surface area contributed by atoms with Gasteiger partial charge < -0.3 is 15.0 Å². The van der Waals surface area contributed by atoms with Crippen LogP contribution in [0.25, 0.3) is 10.9 Å². The summed E-state index contributed by atoms with van der Waals surface area (Å²) in [6.45, 7) is 6.20. The van der Waals surface area contributed by atoms with Gasteiger partial charge in [-0.1, -0.05) is 12.8 Å². The van der Waals surface area contributed by atoms with Crippen LogP contribution in [0.3, 0.4) is 0 Å². The number of nitrogens with one attached hydrogen (secondary N) is 1. The number of unbranched alkanes of at least 4 members (excludes halogenated alkanes) is 3. The second kappa shape index (κ2) is 11.6. The highest BCUT2D eigenvalue weighted by Crippen LogP contribution is 2.29. The normalized spacial score (nSPS) is 15.4. The van der Waals surface area contributed by atoms with E-state index in [-0.39, 0.29) is 12.4 Å². The molecule has 1 aromatic carbocycles. The first-order chi connectivity index (χ1) is 13.2. The van der Waals surface area contributed by atoms with Gasteiger partial charge in [-0.2, -0.15) is 0 Å². The molecule has 0 aliphatic carbocycles. The van der Waals surface area contributed by atoms with Crippen molar-refractivity contribution < 1.29 is 8.95 Å². The Kier molecular flexibility index (Phi) is 9.48. The van der Waals surface area contributed by atoms with Gasteiger partial charge in [-0.25, -0.2) is 0 Å². The van der Waals surface area contributed by atoms with Gasteiger partial charge in [0.2, 0.25) is 0 Å². The highest BCUT2D eigenvalue weighted by molar-refractivity contribution is 7.85. The van der Waals surface area contributed by atoms with E-state index in [9.17, 15) is 4.21 Å². The maximum atomic E-state index is 11.4. The van der Waals surface area contributed by atoms with Crippen LogP contribution in [-0.4, -0.2) is 58.9 Å². The number of methoxy groups -OCH3 is 1. The van der Waals surface area contributed by atoms with Gasteiger partial charge in [0.1, 0.15) is 5.75 Å². The Morgan fingerprint density at radius 3 is 2.68 bits per heavy atom. The Balaban J connectivity index is 0.00000280. The van der Waals surface area contributed by atoms with E-state index in [1.54, 1.807) is 7.11 Å². The number of ether oxygens (including phenoxy) is 1. The monoisotopic (exact) mass is 425 g/mol. The lowest BCUT2D eigenvalue weighted by atomic mass is 10.1. The van der Waals surface area contributed by atoms with Crippen LogP contribution in [0.5, 0.6) is 5.75 Å². The average molecular weight is 426 g/mol. The standard InChI is InChI=1S/C21H31N3O2S.ClH/c1-17-7-9-23-21-19(17)15-18(26-2)16-20(21)22-8-5-3-4-6-10-24-11-13-27(25)14-12-24;/h7,9,15-16,22H,3-6,8,10-14H2,1-2H3;1H. The summed E-state index contributed by atoms with van der Waals surface area (Å²) in [5, 5.41) is 4.69. The van der Waals surface area contributed by atoms with Crippen molar-refractivity contribution in [3.63, 3.8) is 0 Å². The molecule has 0 atom stereocenters. The van der Waals surface area contributed by atoms with Crippen LogP contribution in [0.2, 0.25) is 0 Å². The maximum absolute atomic E-state index is 11.4. The highest BCUT2D eigenvalue weighted by atomic mass is 35.5. The molecule has 0 unspecified atom stereocenters. The molecule has 28 heavy (non-hydrogen) atoms. The van der Waals surface area contributed by atoms with E-state index in [0.717, 1.165) is 66.4 Å². The number of aromatic nitrogens is 1. The van der Waals surface area contributed by atoms with Crippen molar-refractivity contribution in [2.24, 2.45) is 0 Å². The molecule has 0 amide bonds. The van der Waals surface area contributed by atoms with Gasteiger partial charge in [0.05, 0.1) is 18.3 Å². The summed E-state index contributed by atoms with van der Waals surface area (Å²) in [6.07, 6.45) is 6.72. The summed E-state index contributed by atoms with van der Waals surface area (Å²) in [5.74, 6) is 2.57. The molecule has 156 valence electrons. The van der Waals surface area contributed by atoms with Gasteiger partial charge in [0.25, 0.3) is 0 Å². The lowest BCUT2D eigenvalue weighted by molar-refractivity contribution is 0.291. The van der Waals surface area contributed by atoms with Gasteiger partial charge >= 0.3 is 0 Å². The first kappa shape index (κ1) is 22.9. The summed E-state index contributed by atoms with van der Waals surface area (Å²) in [6, 6.07) is 6.12. The number of benzene rings is 1. The second-order valence-corrected chi connectivity index (χ2v) is 8.93. The molecule has 0 radical (unpaired) electrons. The Bertz CT molecular complexity index is 778. The number of halogens is 1. The molecule has 7 heteroatoms. The molecular formula is C21H32ClN3O2S. The molecule has 1 N–H and O–H groups in total. The smallest absolute Gasteiger partial charge is 0.121 e. The average Bonchev–Trinajstić information content (AvgIpc) is 2.69. The molecular weight excluding hydrogens is 394 g/mol. The molecule has 1 aliphatic rings. The molecule has 0 bridgehead atoms. The van der Waals surface area contributed by atoms with Crippen molar-refractivity contribution in [3.05, 3.63) is 30.0 Å². The van der Waals surface area contributed by atoms with Gasteiger partial charge in [-0.15, -0.1) is 12.4 Å². The zero-order valence-corrected chi connectivity index (χ0v) is 18.5. The topological polar surface area (TPSA) is 54.5 Å². The van der Waals surface area contributed by atoms with Crippen LogP contribution in [0, 0.1) is 6.92 Å². The third kappa shape index (κ3) is 6.33. The number of pyridine rings is 1. The van der Waals surface area contributed by atoms with E-state index in [1.807, 2.05) is 18.3 Å². The van der Waals surface area contributed by atoms with Crippen molar-refractivity contribution in [1.82, 2.24) is 9.88 Å². The molecule has 0 saturated carbocycles. The number of rotatable bonds is 9. The molecule has 1 aromatic heterocycles. The summed E-state index contributed by atoms with van der Waals surface area (Å²) < 4.78 is 16.8. The first-order valence-electron chi connectivity index (χ1n) is 9.92. The lowest BCUT2D eigenvalue weighted by Gasteiger charge is -2.25. The van der Waals surface area contributed by atoms with Crippen molar-refractivity contribution in [1.29, 1.82) is 0 Å². The molecule has 1 aliphatic heterocycles. The summed E-state index contributed by atoms with van der Waals surface area (Å²) >= 11 is 0. The van der Waals surface area contributed by atoms with Crippen LogP contribution in [0.1, 0.15) is 31.2 Å². The van der Waals surface area contributed by atoms with Crippen LogP contribution < -0.4 is 10.1 Å². The van der Waals surface area contributed by atoms with E-state index in [2.05, 4.69) is 28.2 Å². The third-order valence-electron chi connectivity index (χ3n) is 5.26. The fourth-order valence-corrected chi connectivity index (χ4v) is 4.68. The van der Waals surface area contributed by atoms with E-state index < -0.39 is 10.8 Å². The quantitative estimate of drug-likeness (QED) is 0.615. The van der Waals surface area contributed by atoms with Gasteiger partial charge in [0, 0.05) is 59.6 Å². The summed E-state index contributed by atoms with van der Waals surface area (Å²) in [4.78, 5) is 7.01. The molecule has 1 saturated heterocycles. The fourth-order valence-electron chi connectivity index (χ4n) is 3.55. The van der Waals surface area contributed by atoms with Crippen molar-refractivity contribution in [3.8, 4) is 5.75 Å². The molecule has 3 rings (SSSR count). The summed E-state index contributed by atoms with van der Waals surface area (Å²) in [7, 11) is 1.14. The largest absolute Gasteiger partial charge is 0.497 e. The maximum Gasteiger partial charge on any atom is 0.121 e.